The number of phenols is 1. The summed E-state index contributed by atoms with van der Waals surface area (Å²) in [5.74, 6) is 1.01. The van der Waals surface area contributed by atoms with Gasteiger partial charge in [0.25, 0.3) is 0 Å². The molecule has 24 heavy (non-hydrogen) atoms. The summed E-state index contributed by atoms with van der Waals surface area (Å²) >= 11 is 0. The summed E-state index contributed by atoms with van der Waals surface area (Å²) in [5, 5.41) is 9.70. The van der Waals surface area contributed by atoms with E-state index in [0.717, 1.165) is 32.5 Å². The van der Waals surface area contributed by atoms with Crippen LogP contribution in [0.5, 0.6) is 5.75 Å². The minimum absolute atomic E-state index is 0. The van der Waals surface area contributed by atoms with Gasteiger partial charge >= 0.3 is 0 Å². The summed E-state index contributed by atoms with van der Waals surface area (Å²) in [7, 11) is 0. The van der Waals surface area contributed by atoms with Crippen LogP contribution >= 0.6 is 17.0 Å². The topological polar surface area (TPSA) is 23.5 Å². The van der Waals surface area contributed by atoms with E-state index in [2.05, 4.69) is 48.2 Å². The average molecular weight is 390 g/mol. The second-order valence-electron chi connectivity index (χ2n) is 6.60. The molecule has 1 unspecified atom stereocenters. The van der Waals surface area contributed by atoms with E-state index in [9.17, 15) is 5.11 Å². The highest BCUT2D eigenvalue weighted by molar-refractivity contribution is 8.93. The van der Waals surface area contributed by atoms with Crippen molar-refractivity contribution in [1.29, 1.82) is 0 Å². The molecule has 0 radical (unpaired) electrons. The molecule has 0 saturated carbocycles. The van der Waals surface area contributed by atoms with Gasteiger partial charge in [-0.1, -0.05) is 43.3 Å². The van der Waals surface area contributed by atoms with Crippen molar-refractivity contribution in [1.82, 2.24) is 4.90 Å². The normalized spacial score (nSPS) is 16.5. The first-order valence-electron chi connectivity index (χ1n) is 8.84. The van der Waals surface area contributed by atoms with Crippen LogP contribution in [-0.2, 0) is 12.8 Å². The Balaban J connectivity index is 0.00000208. The minimum atomic E-state index is 0. The quantitative estimate of drug-likeness (QED) is 0.754. The summed E-state index contributed by atoms with van der Waals surface area (Å²) in [6.45, 7) is 5.59. The maximum Gasteiger partial charge on any atom is 0.115 e. The standard InChI is InChI=1S/C21H27NO.BrH/c1-2-22(14-13-17-7-4-3-5-8-17)16-19-10-6-9-18-15-20(23)11-12-21(18)19;/h3-5,7-8,11-12,15,19,23H,2,6,9-10,13-14,16H2,1H3;1H. The number of phenolic OH excluding ortho intramolecular Hbond substituents is 1. The van der Waals surface area contributed by atoms with Gasteiger partial charge in [0, 0.05) is 13.1 Å². The maximum atomic E-state index is 9.70. The number of likely N-dealkylation sites (N-methyl/N-ethyl adjacent to an activating group) is 1. The molecular weight excluding hydrogens is 362 g/mol. The molecule has 0 fully saturated rings. The van der Waals surface area contributed by atoms with E-state index in [1.54, 1.807) is 0 Å². The Labute approximate surface area is 156 Å². The van der Waals surface area contributed by atoms with E-state index in [4.69, 9.17) is 0 Å². The third-order valence-corrected chi connectivity index (χ3v) is 5.05. The molecular formula is C21H28BrNO. The largest absolute Gasteiger partial charge is 0.508 e. The first-order valence-corrected chi connectivity index (χ1v) is 8.84. The third kappa shape index (κ3) is 4.84. The third-order valence-electron chi connectivity index (χ3n) is 5.05. The van der Waals surface area contributed by atoms with E-state index < -0.39 is 0 Å². The molecule has 1 atom stereocenters. The molecule has 0 amide bonds. The van der Waals surface area contributed by atoms with Crippen molar-refractivity contribution >= 4 is 17.0 Å². The summed E-state index contributed by atoms with van der Waals surface area (Å²) in [4.78, 5) is 2.57. The molecule has 2 nitrogen and oxygen atoms in total. The fourth-order valence-electron chi connectivity index (χ4n) is 3.71. The fourth-order valence-corrected chi connectivity index (χ4v) is 3.71. The molecule has 0 spiro atoms. The van der Waals surface area contributed by atoms with Gasteiger partial charge in [-0.2, -0.15) is 0 Å². The Bertz CT molecular complexity index is 629. The number of aryl methyl sites for hydroxylation is 1. The fraction of sp³-hybridized carbons (Fsp3) is 0.429. The predicted molar refractivity (Wildman–Crippen MR) is 106 cm³/mol. The highest BCUT2D eigenvalue weighted by Gasteiger charge is 2.22. The van der Waals surface area contributed by atoms with Gasteiger partial charge in [-0.3, -0.25) is 0 Å². The number of nitrogens with zero attached hydrogens (tertiary/aromatic N) is 1. The van der Waals surface area contributed by atoms with Gasteiger partial charge in [0.2, 0.25) is 0 Å². The zero-order valence-electron chi connectivity index (χ0n) is 14.4. The number of fused-ring (bicyclic) bond motifs is 1. The van der Waals surface area contributed by atoms with Gasteiger partial charge in [0.05, 0.1) is 0 Å². The molecule has 0 bridgehead atoms. The number of aromatic hydroxyl groups is 1. The van der Waals surface area contributed by atoms with Gasteiger partial charge in [0.15, 0.2) is 0 Å². The van der Waals surface area contributed by atoms with Crippen molar-refractivity contribution in [3.63, 3.8) is 0 Å². The lowest BCUT2D eigenvalue weighted by Crippen LogP contribution is -2.31. The Hall–Kier alpha value is -1.32. The summed E-state index contributed by atoms with van der Waals surface area (Å²) < 4.78 is 0. The van der Waals surface area contributed by atoms with Crippen molar-refractivity contribution in [3.8, 4) is 5.75 Å². The van der Waals surface area contributed by atoms with Gasteiger partial charge in [-0.15, -0.1) is 17.0 Å². The second kappa shape index (κ2) is 9.24. The zero-order valence-corrected chi connectivity index (χ0v) is 16.2. The smallest absolute Gasteiger partial charge is 0.115 e. The van der Waals surface area contributed by atoms with E-state index in [1.165, 1.54) is 29.5 Å². The van der Waals surface area contributed by atoms with Crippen LogP contribution in [-0.4, -0.2) is 29.6 Å². The van der Waals surface area contributed by atoms with Crippen molar-refractivity contribution in [2.75, 3.05) is 19.6 Å². The van der Waals surface area contributed by atoms with Crippen molar-refractivity contribution in [3.05, 3.63) is 65.2 Å². The monoisotopic (exact) mass is 389 g/mol. The minimum Gasteiger partial charge on any atom is -0.508 e. The number of rotatable bonds is 6. The number of hydrogen-bond donors (Lipinski definition) is 1. The van der Waals surface area contributed by atoms with Gasteiger partial charge in [-0.25, -0.2) is 0 Å². The molecule has 3 rings (SSSR count). The molecule has 0 aromatic heterocycles. The lowest BCUT2D eigenvalue weighted by molar-refractivity contribution is 0.262. The van der Waals surface area contributed by atoms with Crippen LogP contribution in [0.4, 0.5) is 0 Å². The summed E-state index contributed by atoms with van der Waals surface area (Å²) in [6.07, 6.45) is 4.72. The molecule has 130 valence electrons. The molecule has 0 saturated heterocycles. The average Bonchev–Trinajstić information content (AvgIpc) is 2.59. The number of halogens is 1. The Morgan fingerprint density at radius 3 is 2.67 bits per heavy atom. The zero-order chi connectivity index (χ0) is 16.1. The van der Waals surface area contributed by atoms with Gasteiger partial charge in [0.1, 0.15) is 5.75 Å². The molecule has 0 aliphatic heterocycles. The van der Waals surface area contributed by atoms with Crippen LogP contribution in [0.1, 0.15) is 42.4 Å². The maximum absolute atomic E-state index is 9.70. The lowest BCUT2D eigenvalue weighted by Gasteiger charge is -2.31. The van der Waals surface area contributed by atoms with E-state index in [0.29, 0.717) is 11.7 Å². The first-order chi connectivity index (χ1) is 11.3. The van der Waals surface area contributed by atoms with Crippen LogP contribution in [0.25, 0.3) is 0 Å². The van der Waals surface area contributed by atoms with Gasteiger partial charge in [-0.05, 0) is 67.0 Å². The molecule has 1 aliphatic rings. The molecule has 3 heteroatoms. The van der Waals surface area contributed by atoms with E-state index in [-0.39, 0.29) is 17.0 Å². The van der Waals surface area contributed by atoms with Crippen LogP contribution in [0.2, 0.25) is 0 Å². The highest BCUT2D eigenvalue weighted by Crippen LogP contribution is 2.34. The molecule has 0 heterocycles. The molecule has 2 aromatic carbocycles. The van der Waals surface area contributed by atoms with E-state index >= 15 is 0 Å². The number of hydrogen-bond acceptors (Lipinski definition) is 2. The first kappa shape index (κ1) is 19.0. The van der Waals surface area contributed by atoms with Crippen molar-refractivity contribution < 1.29 is 5.11 Å². The molecule has 2 aromatic rings. The van der Waals surface area contributed by atoms with Crippen molar-refractivity contribution in [2.24, 2.45) is 0 Å². The van der Waals surface area contributed by atoms with Crippen LogP contribution in [0.15, 0.2) is 48.5 Å². The Morgan fingerprint density at radius 2 is 1.92 bits per heavy atom. The van der Waals surface area contributed by atoms with Crippen molar-refractivity contribution in [2.45, 2.75) is 38.5 Å². The van der Waals surface area contributed by atoms with Crippen LogP contribution in [0, 0.1) is 0 Å². The predicted octanol–water partition coefficient (Wildman–Crippen LogP) is 4.95. The number of benzene rings is 2. The van der Waals surface area contributed by atoms with E-state index in [1.807, 2.05) is 12.1 Å². The van der Waals surface area contributed by atoms with Gasteiger partial charge < -0.3 is 10.0 Å². The molecule has 1 N–H and O–H groups in total. The SMILES string of the molecule is Br.CCN(CCc1ccccc1)CC1CCCc2cc(O)ccc21. The van der Waals surface area contributed by atoms with Crippen LogP contribution in [0.3, 0.4) is 0 Å². The summed E-state index contributed by atoms with van der Waals surface area (Å²) in [5.41, 5.74) is 4.22. The summed E-state index contributed by atoms with van der Waals surface area (Å²) in [6, 6.07) is 16.7. The highest BCUT2D eigenvalue weighted by atomic mass is 79.9. The second-order valence-corrected chi connectivity index (χ2v) is 6.60. The van der Waals surface area contributed by atoms with Crippen LogP contribution < -0.4 is 0 Å². The Morgan fingerprint density at radius 1 is 1.12 bits per heavy atom. The molecule has 1 aliphatic carbocycles. The lowest BCUT2D eigenvalue weighted by atomic mass is 9.82. The Kier molecular flexibility index (Phi) is 7.32.